The molecule has 0 aromatic carbocycles. The standard InChI is InChI=1S/C44H58N8O2.2C2H4O2/c1-13-31-27(3)35-23-36-29(5)33(15-17-43(53)45-19-21-51(7,8)9)41(49-36)26-42-34(16-18-44(54)46-20-22-52(10,11)12)30(6)38(50-42)25-40-32(14-2)28(4)37(48-40)24-39(31)47-35;2*1-2(3)4/h13-14,23-26H,1-2,15-22H2,3-12H3,(H2-2,45,46,47,48,49,50,53,54);2*1H3,(H,3,4). The fourth-order valence-corrected chi connectivity index (χ4v) is 7.02. The first-order chi connectivity index (χ1) is 28.8. The summed E-state index contributed by atoms with van der Waals surface area (Å²) in [4.78, 5) is 61.6. The van der Waals surface area contributed by atoms with E-state index in [2.05, 4.69) is 122 Å². The molecule has 2 aliphatic heterocycles. The average Bonchev–Trinajstić information content (AvgIpc) is 3.80. The van der Waals surface area contributed by atoms with E-state index in [1.54, 1.807) is 0 Å². The zero-order valence-corrected chi connectivity index (χ0v) is 38.8. The molecule has 4 N–H and O–H groups in total. The van der Waals surface area contributed by atoms with E-state index in [1.165, 1.54) is 0 Å². The van der Waals surface area contributed by atoms with Crippen molar-refractivity contribution in [3.8, 4) is 0 Å². The number of quaternary nitrogens is 2. The van der Waals surface area contributed by atoms with Gasteiger partial charge in [0.1, 0.15) is 0 Å². The molecule has 8 bridgehead atoms. The lowest BCUT2D eigenvalue weighted by molar-refractivity contribution is -0.869. The Morgan fingerprint density at radius 1 is 0.597 bits per heavy atom. The summed E-state index contributed by atoms with van der Waals surface area (Å²) < 4.78 is 1.56. The van der Waals surface area contributed by atoms with Gasteiger partial charge in [-0.3, -0.25) is 9.59 Å². The Labute approximate surface area is 366 Å². The fraction of sp³-hybridized carbons (Fsp3) is 0.417. The molecule has 5 rings (SSSR count). The molecule has 0 atom stereocenters. The number of hydrogen-bond donors (Lipinski definition) is 4. The van der Waals surface area contributed by atoms with Crippen LogP contribution in [0.1, 0.15) is 98.4 Å². The van der Waals surface area contributed by atoms with Crippen LogP contribution in [0, 0.1) is 13.8 Å². The van der Waals surface area contributed by atoms with Gasteiger partial charge in [0.25, 0.3) is 0 Å². The first kappa shape index (κ1) is 50.2. The molecule has 2 amide bonds. The average molecular weight is 851 g/mol. The fourth-order valence-electron chi connectivity index (χ4n) is 7.02. The van der Waals surface area contributed by atoms with Crippen molar-refractivity contribution in [1.29, 1.82) is 0 Å². The number of hydrogen-bond acceptors (Lipinski definition) is 8. The van der Waals surface area contributed by atoms with Crippen molar-refractivity contribution in [2.75, 3.05) is 68.5 Å². The molecule has 3 aromatic heterocycles. The van der Waals surface area contributed by atoms with Crippen LogP contribution >= 0.6 is 0 Å². The molecule has 0 radical (unpaired) electrons. The third kappa shape index (κ3) is 14.5. The lowest BCUT2D eigenvalue weighted by Crippen LogP contribution is -2.41. The Kier molecular flexibility index (Phi) is 17.5. The Hall–Kier alpha value is -6.12. The van der Waals surface area contributed by atoms with E-state index in [4.69, 9.17) is 29.8 Å². The van der Waals surface area contributed by atoms with E-state index in [1.807, 2.05) is 18.2 Å². The van der Waals surface area contributed by atoms with Gasteiger partial charge < -0.3 is 49.4 Å². The van der Waals surface area contributed by atoms with Crippen LogP contribution in [0.5, 0.6) is 0 Å². The van der Waals surface area contributed by atoms with Crippen molar-refractivity contribution in [2.24, 2.45) is 0 Å². The number of nitrogens with one attached hydrogen (secondary N) is 4. The number of aromatic amines is 2. The summed E-state index contributed by atoms with van der Waals surface area (Å²) in [5.41, 5.74) is 15.2. The molecule has 14 heteroatoms. The summed E-state index contributed by atoms with van der Waals surface area (Å²) >= 11 is 0. The molecule has 14 nitrogen and oxygen atoms in total. The number of amides is 2. The van der Waals surface area contributed by atoms with Gasteiger partial charge in [0.2, 0.25) is 11.8 Å². The van der Waals surface area contributed by atoms with Gasteiger partial charge in [-0.25, -0.2) is 9.97 Å². The van der Waals surface area contributed by atoms with Crippen molar-refractivity contribution < 1.29 is 38.4 Å². The monoisotopic (exact) mass is 851 g/mol. The largest absolute Gasteiger partial charge is 0.550 e. The molecular formula is C48H66N8O6. The first-order valence-electron chi connectivity index (χ1n) is 20.8. The summed E-state index contributed by atoms with van der Waals surface area (Å²) in [5, 5.41) is 24.0. The molecule has 2 aliphatic rings. The number of likely N-dealkylation sites (N-methyl/N-ethyl adjacent to an activating group) is 2. The molecule has 334 valence electrons. The molecule has 0 spiro atoms. The van der Waals surface area contributed by atoms with Crippen LogP contribution in [0.3, 0.4) is 0 Å². The van der Waals surface area contributed by atoms with Crippen LogP contribution in [0.15, 0.2) is 37.4 Å². The summed E-state index contributed by atoms with van der Waals surface area (Å²) in [6, 6.07) is 8.34. The van der Waals surface area contributed by atoms with E-state index in [-0.39, 0.29) is 11.8 Å². The number of aromatic nitrogens is 4. The van der Waals surface area contributed by atoms with E-state index < -0.39 is 11.9 Å². The highest BCUT2D eigenvalue weighted by atomic mass is 16.4. The number of aliphatic carboxylic acids is 2. The van der Waals surface area contributed by atoms with Gasteiger partial charge in [-0.15, -0.1) is 0 Å². The third-order valence-electron chi connectivity index (χ3n) is 10.5. The molecular weight excluding hydrogens is 785 g/mol. The zero-order valence-electron chi connectivity index (χ0n) is 38.8. The SMILES string of the molecule is C=Cc1c(C)c2cc3[nH]c(cc4nc(cc5nc(cc1[nH]2)C(C)=C5CCC(=O)NCC[N+](C)(C)C)C(CCC(=O)NCC[N+](C)(C)C)=C4C)c(C)c3C=C.CC(=O)[O-].CC(=O)[O-]. The second-order valence-electron chi connectivity index (χ2n) is 17.7. The van der Waals surface area contributed by atoms with E-state index in [9.17, 15) is 9.59 Å². The minimum absolute atomic E-state index is 0.0172. The normalized spacial score (nSPS) is 12.5. The summed E-state index contributed by atoms with van der Waals surface area (Å²) in [6.07, 6.45) is 5.52. The molecule has 0 unspecified atom stereocenters. The first-order valence-corrected chi connectivity index (χ1v) is 20.8. The summed E-state index contributed by atoms with van der Waals surface area (Å²) in [7, 11) is 12.7. The molecule has 0 fully saturated rings. The van der Waals surface area contributed by atoms with Crippen molar-refractivity contribution in [3.05, 3.63) is 82.5 Å². The Morgan fingerprint density at radius 3 is 1.29 bits per heavy atom. The topological polar surface area (TPSA) is 196 Å². The van der Waals surface area contributed by atoms with Crippen molar-refractivity contribution >= 4 is 80.3 Å². The lowest BCUT2D eigenvalue weighted by Gasteiger charge is -2.23. The van der Waals surface area contributed by atoms with Gasteiger partial charge in [-0.05, 0) is 112 Å². The second-order valence-corrected chi connectivity index (χ2v) is 17.7. The smallest absolute Gasteiger partial charge is 0.220 e. The second kappa shape index (κ2) is 21.6. The van der Waals surface area contributed by atoms with E-state index in [0.717, 1.165) is 125 Å². The maximum absolute atomic E-state index is 13.1. The van der Waals surface area contributed by atoms with Gasteiger partial charge in [-0.2, -0.15) is 0 Å². The van der Waals surface area contributed by atoms with Gasteiger partial charge in [-0.1, -0.05) is 25.3 Å². The molecule has 62 heavy (non-hydrogen) atoms. The molecule has 0 saturated carbocycles. The number of nitrogens with zero attached hydrogens (tertiary/aromatic N) is 4. The highest BCUT2D eigenvalue weighted by Gasteiger charge is 2.23. The zero-order chi connectivity index (χ0) is 46.7. The highest BCUT2D eigenvalue weighted by molar-refractivity contribution is 5.97. The van der Waals surface area contributed by atoms with Crippen molar-refractivity contribution in [2.45, 2.75) is 67.2 Å². The van der Waals surface area contributed by atoms with Gasteiger partial charge in [0.15, 0.2) is 0 Å². The highest BCUT2D eigenvalue weighted by Crippen LogP contribution is 2.38. The van der Waals surface area contributed by atoms with Crippen LogP contribution < -0.4 is 20.8 Å². The number of allylic oxidation sites excluding steroid dienone is 4. The van der Waals surface area contributed by atoms with Crippen LogP contribution in [-0.2, 0) is 19.2 Å². The summed E-state index contributed by atoms with van der Waals surface area (Å²) in [6.45, 7) is 21.5. The predicted octanol–water partition coefficient (Wildman–Crippen LogP) is 4.80. The number of carbonyl (C=O) groups is 4. The molecule has 5 heterocycles. The van der Waals surface area contributed by atoms with Crippen LogP contribution in [0.4, 0.5) is 0 Å². The maximum Gasteiger partial charge on any atom is 0.220 e. The molecule has 0 aliphatic carbocycles. The Balaban J connectivity index is 0.00000118. The van der Waals surface area contributed by atoms with Crippen LogP contribution in [0.2, 0.25) is 0 Å². The number of aryl methyl sites for hydroxylation is 2. The van der Waals surface area contributed by atoms with E-state index >= 15 is 0 Å². The van der Waals surface area contributed by atoms with Gasteiger partial charge >= 0.3 is 0 Å². The number of H-pyrrole nitrogens is 2. The van der Waals surface area contributed by atoms with Crippen LogP contribution in [0.25, 0.3) is 56.5 Å². The number of carboxylic acids is 2. The van der Waals surface area contributed by atoms with Crippen LogP contribution in [-0.4, -0.2) is 121 Å². The maximum atomic E-state index is 13.1. The Bertz CT molecular complexity index is 2420. The third-order valence-corrected chi connectivity index (χ3v) is 10.5. The minimum Gasteiger partial charge on any atom is -0.550 e. The molecule has 0 saturated heterocycles. The lowest BCUT2D eigenvalue weighted by atomic mass is 9.98. The number of carboxylic acid groups (broad SMARTS) is 2. The number of rotatable bonds is 14. The van der Waals surface area contributed by atoms with Gasteiger partial charge in [0.05, 0.1) is 91.2 Å². The van der Waals surface area contributed by atoms with Gasteiger partial charge in [0, 0.05) is 58.0 Å². The number of carbonyl (C=O) groups excluding carboxylic acids is 4. The minimum atomic E-state index is -1.08. The van der Waals surface area contributed by atoms with Crippen molar-refractivity contribution in [3.63, 3.8) is 0 Å². The number of fused-ring (bicyclic) bond motifs is 8. The predicted molar refractivity (Wildman–Crippen MR) is 247 cm³/mol. The molecule has 3 aromatic rings. The van der Waals surface area contributed by atoms with Crippen molar-refractivity contribution in [1.82, 2.24) is 30.6 Å². The quantitative estimate of drug-likeness (QED) is 0.166. The van der Waals surface area contributed by atoms with E-state index in [0.29, 0.717) is 38.8 Å². The summed E-state index contributed by atoms with van der Waals surface area (Å²) in [5.74, 6) is -2.13. The Morgan fingerprint density at radius 2 is 0.935 bits per heavy atom.